The molecule has 6 nitrogen and oxygen atoms in total. The maximum absolute atomic E-state index is 12.0. The van der Waals surface area contributed by atoms with E-state index in [1.54, 1.807) is 0 Å². The fraction of sp³-hybridized carbons (Fsp3) is 0.529. The van der Waals surface area contributed by atoms with Gasteiger partial charge in [-0.1, -0.05) is 50.1 Å². The van der Waals surface area contributed by atoms with Gasteiger partial charge in [0.25, 0.3) is 0 Å². The Labute approximate surface area is 148 Å². The van der Waals surface area contributed by atoms with Gasteiger partial charge in [0.2, 0.25) is 11.8 Å². The summed E-state index contributed by atoms with van der Waals surface area (Å²) in [7, 11) is 0. The first-order valence-corrected chi connectivity index (χ1v) is 8.11. The molecule has 0 unspecified atom stereocenters. The maximum Gasteiger partial charge on any atom is 0.246 e. The number of amides is 2. The van der Waals surface area contributed by atoms with Gasteiger partial charge in [-0.2, -0.15) is 0 Å². The number of benzene rings is 1. The second-order valence-electron chi connectivity index (χ2n) is 5.80. The molecule has 134 valence electrons. The van der Waals surface area contributed by atoms with E-state index >= 15 is 0 Å². The van der Waals surface area contributed by atoms with Crippen LogP contribution in [0.2, 0.25) is 0 Å². The second-order valence-corrected chi connectivity index (χ2v) is 5.80. The smallest absolute Gasteiger partial charge is 0.246 e. The maximum atomic E-state index is 12.0. The Hall–Kier alpha value is -1.63. The van der Waals surface area contributed by atoms with E-state index in [1.807, 2.05) is 30.3 Å². The summed E-state index contributed by atoms with van der Waals surface area (Å²) in [6, 6.07) is 8.83. The Morgan fingerprint density at radius 1 is 1.42 bits per heavy atom. The highest BCUT2D eigenvalue weighted by atomic mass is 35.5. The van der Waals surface area contributed by atoms with E-state index in [0.717, 1.165) is 18.4 Å². The molecule has 1 saturated heterocycles. The highest BCUT2D eigenvalue weighted by molar-refractivity contribution is 5.85. The van der Waals surface area contributed by atoms with E-state index in [1.165, 1.54) is 0 Å². The van der Waals surface area contributed by atoms with Crippen LogP contribution in [-0.4, -0.2) is 37.1 Å². The van der Waals surface area contributed by atoms with Crippen molar-refractivity contribution in [3.63, 3.8) is 0 Å². The minimum atomic E-state index is -0.497. The fourth-order valence-corrected chi connectivity index (χ4v) is 2.61. The molecule has 1 heterocycles. The average molecular weight is 356 g/mol. The first-order valence-electron chi connectivity index (χ1n) is 8.11. The van der Waals surface area contributed by atoms with Gasteiger partial charge in [-0.25, -0.2) is 0 Å². The third-order valence-electron chi connectivity index (χ3n) is 3.96. The lowest BCUT2D eigenvalue weighted by Gasteiger charge is -2.33. The van der Waals surface area contributed by atoms with Crippen molar-refractivity contribution in [3.05, 3.63) is 35.9 Å². The summed E-state index contributed by atoms with van der Waals surface area (Å²) >= 11 is 0. The lowest BCUT2D eigenvalue weighted by molar-refractivity contribution is -0.137. The molecule has 0 spiro atoms. The van der Waals surface area contributed by atoms with Crippen LogP contribution in [0.3, 0.4) is 0 Å². The van der Waals surface area contributed by atoms with Crippen molar-refractivity contribution in [1.82, 2.24) is 10.6 Å². The molecule has 2 amide bonds. The largest absolute Gasteiger partial charge is 0.364 e. The number of nitrogens with two attached hydrogens (primary N) is 1. The predicted octanol–water partition coefficient (Wildman–Crippen LogP) is 1.30. The number of carbonyl (C=O) groups excluding carboxylic acids is 2. The topological polar surface area (TPSA) is 93.5 Å². The Bertz CT molecular complexity index is 527. The van der Waals surface area contributed by atoms with Gasteiger partial charge in [0.15, 0.2) is 0 Å². The minimum Gasteiger partial charge on any atom is -0.364 e. The zero-order valence-electron chi connectivity index (χ0n) is 13.9. The highest BCUT2D eigenvalue weighted by Crippen LogP contribution is 2.21. The Morgan fingerprint density at radius 3 is 2.79 bits per heavy atom. The SMILES string of the molecule is CCCC[C@@H](N)C(=O)NC[C@@H]1OCC(=O)N[C@@H]1c1ccccc1.Cl. The fourth-order valence-electron chi connectivity index (χ4n) is 2.61. The van der Waals surface area contributed by atoms with E-state index in [-0.39, 0.29) is 43.0 Å². The molecule has 2 rings (SSSR count). The van der Waals surface area contributed by atoms with Gasteiger partial charge in [-0.15, -0.1) is 12.4 Å². The monoisotopic (exact) mass is 355 g/mol. The van der Waals surface area contributed by atoms with Crippen LogP contribution in [0.1, 0.15) is 37.8 Å². The number of halogens is 1. The molecule has 0 radical (unpaired) electrons. The van der Waals surface area contributed by atoms with Gasteiger partial charge in [0.1, 0.15) is 6.61 Å². The number of rotatable bonds is 7. The molecule has 1 aromatic rings. The van der Waals surface area contributed by atoms with Crippen LogP contribution < -0.4 is 16.4 Å². The van der Waals surface area contributed by atoms with Crippen molar-refractivity contribution in [1.29, 1.82) is 0 Å². The van der Waals surface area contributed by atoms with Crippen molar-refractivity contribution in [2.75, 3.05) is 13.2 Å². The lowest BCUT2D eigenvalue weighted by atomic mass is 9.99. The van der Waals surface area contributed by atoms with Crippen molar-refractivity contribution < 1.29 is 14.3 Å². The van der Waals surface area contributed by atoms with Crippen LogP contribution in [0, 0.1) is 0 Å². The molecular weight excluding hydrogens is 330 g/mol. The molecule has 1 fully saturated rings. The Morgan fingerprint density at radius 2 is 2.12 bits per heavy atom. The predicted molar refractivity (Wildman–Crippen MR) is 94.8 cm³/mol. The Balaban J connectivity index is 0.00000288. The molecule has 0 bridgehead atoms. The molecule has 0 aliphatic carbocycles. The second kappa shape index (κ2) is 10.3. The van der Waals surface area contributed by atoms with E-state index in [0.29, 0.717) is 13.0 Å². The Kier molecular flexibility index (Phi) is 8.74. The minimum absolute atomic E-state index is 0. The zero-order chi connectivity index (χ0) is 16.7. The van der Waals surface area contributed by atoms with Gasteiger partial charge in [0, 0.05) is 6.54 Å². The van der Waals surface area contributed by atoms with Crippen LogP contribution in [0.5, 0.6) is 0 Å². The molecule has 1 aromatic carbocycles. The van der Waals surface area contributed by atoms with Crippen molar-refractivity contribution in [2.24, 2.45) is 5.73 Å². The van der Waals surface area contributed by atoms with Gasteiger partial charge in [-0.05, 0) is 12.0 Å². The summed E-state index contributed by atoms with van der Waals surface area (Å²) in [5.41, 5.74) is 6.82. The first-order chi connectivity index (χ1) is 11.1. The summed E-state index contributed by atoms with van der Waals surface area (Å²) in [6.45, 7) is 2.39. The highest BCUT2D eigenvalue weighted by Gasteiger charge is 2.31. The van der Waals surface area contributed by atoms with Crippen LogP contribution in [0.4, 0.5) is 0 Å². The number of nitrogens with one attached hydrogen (secondary N) is 2. The normalized spacial score (nSPS) is 21.3. The van der Waals surface area contributed by atoms with Crippen molar-refractivity contribution in [3.8, 4) is 0 Å². The molecule has 1 aliphatic heterocycles. The van der Waals surface area contributed by atoms with Crippen LogP contribution >= 0.6 is 12.4 Å². The first kappa shape index (κ1) is 20.4. The summed E-state index contributed by atoms with van der Waals surface area (Å²) < 4.78 is 5.60. The number of ether oxygens (including phenoxy) is 1. The summed E-state index contributed by atoms with van der Waals surface area (Å²) in [5, 5.41) is 5.76. The average Bonchev–Trinajstić information content (AvgIpc) is 2.59. The number of morpholine rings is 1. The molecule has 7 heteroatoms. The van der Waals surface area contributed by atoms with E-state index in [9.17, 15) is 9.59 Å². The number of carbonyl (C=O) groups is 2. The van der Waals surface area contributed by atoms with Crippen LogP contribution in [0.15, 0.2) is 30.3 Å². The zero-order valence-corrected chi connectivity index (χ0v) is 14.7. The van der Waals surface area contributed by atoms with Crippen molar-refractivity contribution in [2.45, 2.75) is 44.4 Å². The van der Waals surface area contributed by atoms with Gasteiger partial charge in [0.05, 0.1) is 18.2 Å². The number of hydrogen-bond acceptors (Lipinski definition) is 4. The van der Waals surface area contributed by atoms with Gasteiger partial charge >= 0.3 is 0 Å². The molecule has 24 heavy (non-hydrogen) atoms. The molecule has 1 aliphatic rings. The molecular formula is C17H26ClN3O3. The summed E-state index contributed by atoms with van der Waals surface area (Å²) in [4.78, 5) is 23.6. The lowest BCUT2D eigenvalue weighted by Crippen LogP contribution is -2.52. The molecule has 4 N–H and O–H groups in total. The number of hydrogen-bond donors (Lipinski definition) is 3. The standard InChI is InChI=1S/C17H25N3O3.ClH/c1-2-3-9-13(18)17(22)19-10-14-16(20-15(21)11-23-14)12-7-5-4-6-8-12;/h4-8,13-14,16H,2-3,9-11,18H2,1H3,(H,19,22)(H,20,21);1H/t13-,14+,16-;/m1./s1. The summed E-state index contributed by atoms with van der Waals surface area (Å²) in [6.07, 6.45) is 2.30. The van der Waals surface area contributed by atoms with Crippen molar-refractivity contribution >= 4 is 24.2 Å². The van der Waals surface area contributed by atoms with Gasteiger partial charge < -0.3 is 21.1 Å². The third-order valence-corrected chi connectivity index (χ3v) is 3.96. The molecule has 3 atom stereocenters. The number of unbranched alkanes of at least 4 members (excludes halogenated alkanes) is 1. The molecule has 0 saturated carbocycles. The van der Waals surface area contributed by atoms with Crippen LogP contribution in [0.25, 0.3) is 0 Å². The summed E-state index contributed by atoms with van der Waals surface area (Å²) in [5.74, 6) is -0.327. The van der Waals surface area contributed by atoms with E-state index in [2.05, 4.69) is 17.6 Å². The van der Waals surface area contributed by atoms with Crippen LogP contribution in [-0.2, 0) is 14.3 Å². The third kappa shape index (κ3) is 5.78. The van der Waals surface area contributed by atoms with Gasteiger partial charge in [-0.3, -0.25) is 9.59 Å². The van der Waals surface area contributed by atoms with E-state index < -0.39 is 6.04 Å². The van der Waals surface area contributed by atoms with E-state index in [4.69, 9.17) is 10.5 Å². The quantitative estimate of drug-likeness (QED) is 0.687. The molecule has 0 aromatic heterocycles.